The molecule has 0 nitrogen and oxygen atoms in total. The summed E-state index contributed by atoms with van der Waals surface area (Å²) >= 11 is 4.41. The summed E-state index contributed by atoms with van der Waals surface area (Å²) in [5, 5.41) is 0. The predicted octanol–water partition coefficient (Wildman–Crippen LogP) is 2.78. The van der Waals surface area contributed by atoms with Gasteiger partial charge < -0.3 is 0 Å². The van der Waals surface area contributed by atoms with Crippen LogP contribution in [0.1, 0.15) is 25.7 Å². The fraction of sp³-hybridized carbons (Fsp3) is 1.00. The molecule has 2 fully saturated rings. The summed E-state index contributed by atoms with van der Waals surface area (Å²) in [5.41, 5.74) is 0. The van der Waals surface area contributed by atoms with Crippen molar-refractivity contribution in [1.29, 1.82) is 0 Å². The Hall–Kier alpha value is 0.700. The molecule has 0 amide bonds. The van der Waals surface area contributed by atoms with Crippen molar-refractivity contribution in [2.75, 3.05) is 17.3 Å². The van der Waals surface area contributed by atoms with Crippen LogP contribution in [-0.2, 0) is 0 Å². The van der Waals surface area contributed by atoms with Gasteiger partial charge in [0.1, 0.15) is 0 Å². The highest BCUT2D eigenvalue weighted by Crippen LogP contribution is 2.46. The summed E-state index contributed by atoms with van der Waals surface area (Å²) in [6.07, 6.45) is 5.96. The van der Waals surface area contributed by atoms with E-state index in [-0.39, 0.29) is 0 Å². The first kappa shape index (κ1) is 7.35. The second-order valence-corrected chi connectivity index (χ2v) is 5.96. The van der Waals surface area contributed by atoms with E-state index in [1.165, 1.54) is 42.9 Å². The molecule has 2 aliphatic heterocycles. The standard InChI is InChI=1S/C8H14S2/c1-2-5-10-8(3-1)4-6-9-7-8/h1-7H2. The van der Waals surface area contributed by atoms with Crippen LogP contribution >= 0.6 is 23.5 Å². The molecule has 0 saturated carbocycles. The third kappa shape index (κ3) is 1.33. The second kappa shape index (κ2) is 2.98. The molecule has 2 saturated heterocycles. The molecule has 2 heteroatoms. The Labute approximate surface area is 71.5 Å². The van der Waals surface area contributed by atoms with Crippen molar-refractivity contribution in [3.05, 3.63) is 0 Å². The van der Waals surface area contributed by atoms with Crippen LogP contribution in [0.25, 0.3) is 0 Å². The Morgan fingerprint density at radius 2 is 2.00 bits per heavy atom. The lowest BCUT2D eigenvalue weighted by Crippen LogP contribution is -2.27. The van der Waals surface area contributed by atoms with Crippen molar-refractivity contribution >= 4 is 23.5 Å². The van der Waals surface area contributed by atoms with Crippen molar-refractivity contribution in [2.24, 2.45) is 0 Å². The fourth-order valence-corrected chi connectivity index (χ4v) is 5.18. The Morgan fingerprint density at radius 1 is 1.00 bits per heavy atom. The SMILES string of the molecule is C1CCC2(CCSC2)SC1. The number of thioether (sulfide) groups is 2. The minimum absolute atomic E-state index is 0.753. The first-order chi connectivity index (χ1) is 4.91. The van der Waals surface area contributed by atoms with Crippen LogP contribution in [0.15, 0.2) is 0 Å². The van der Waals surface area contributed by atoms with Gasteiger partial charge in [-0.3, -0.25) is 0 Å². The van der Waals surface area contributed by atoms with E-state index in [1.54, 1.807) is 0 Å². The Kier molecular flexibility index (Phi) is 2.19. The van der Waals surface area contributed by atoms with E-state index in [0.29, 0.717) is 0 Å². The van der Waals surface area contributed by atoms with Crippen molar-refractivity contribution in [2.45, 2.75) is 30.4 Å². The molecule has 1 unspecified atom stereocenters. The number of hydrogen-bond acceptors (Lipinski definition) is 2. The van der Waals surface area contributed by atoms with Crippen LogP contribution in [0.5, 0.6) is 0 Å². The van der Waals surface area contributed by atoms with E-state index in [9.17, 15) is 0 Å². The van der Waals surface area contributed by atoms with Crippen LogP contribution in [0.3, 0.4) is 0 Å². The predicted molar refractivity (Wildman–Crippen MR) is 51.0 cm³/mol. The first-order valence-electron chi connectivity index (χ1n) is 4.13. The molecule has 10 heavy (non-hydrogen) atoms. The molecule has 0 bridgehead atoms. The van der Waals surface area contributed by atoms with Crippen molar-refractivity contribution in [3.63, 3.8) is 0 Å². The molecule has 2 heterocycles. The van der Waals surface area contributed by atoms with E-state index in [2.05, 4.69) is 23.5 Å². The molecule has 0 aromatic heterocycles. The molecule has 2 aliphatic rings. The molecule has 0 N–H and O–H groups in total. The number of hydrogen-bond donors (Lipinski definition) is 0. The summed E-state index contributed by atoms with van der Waals surface area (Å²) in [4.78, 5) is 0. The maximum absolute atomic E-state index is 2.25. The number of rotatable bonds is 0. The Balaban J connectivity index is 1.98. The normalized spacial score (nSPS) is 40.8. The van der Waals surface area contributed by atoms with Crippen LogP contribution in [0.2, 0.25) is 0 Å². The Morgan fingerprint density at radius 3 is 2.60 bits per heavy atom. The average Bonchev–Trinajstić information content (AvgIpc) is 2.39. The van der Waals surface area contributed by atoms with Gasteiger partial charge in [-0.25, -0.2) is 0 Å². The summed E-state index contributed by atoms with van der Waals surface area (Å²) < 4.78 is 0.753. The highest BCUT2D eigenvalue weighted by atomic mass is 32.2. The van der Waals surface area contributed by atoms with Crippen molar-refractivity contribution < 1.29 is 0 Å². The summed E-state index contributed by atoms with van der Waals surface area (Å²) in [5.74, 6) is 4.30. The quantitative estimate of drug-likeness (QED) is 0.554. The highest BCUT2D eigenvalue weighted by molar-refractivity contribution is 8.04. The Bertz CT molecular complexity index is 108. The molecule has 0 aromatic rings. The van der Waals surface area contributed by atoms with Gasteiger partial charge in [0.25, 0.3) is 0 Å². The van der Waals surface area contributed by atoms with Gasteiger partial charge in [0, 0.05) is 10.5 Å². The largest absolute Gasteiger partial charge is 0.161 e. The van der Waals surface area contributed by atoms with Gasteiger partial charge in [0.15, 0.2) is 0 Å². The van der Waals surface area contributed by atoms with E-state index >= 15 is 0 Å². The smallest absolute Gasteiger partial charge is 0.0258 e. The minimum Gasteiger partial charge on any atom is -0.161 e. The van der Waals surface area contributed by atoms with Crippen LogP contribution in [0.4, 0.5) is 0 Å². The molecule has 1 atom stereocenters. The van der Waals surface area contributed by atoms with Gasteiger partial charge in [-0.05, 0) is 30.8 Å². The van der Waals surface area contributed by atoms with Gasteiger partial charge in [-0.1, -0.05) is 6.42 Å². The molecule has 2 rings (SSSR count). The molecule has 0 aliphatic carbocycles. The zero-order valence-electron chi connectivity index (χ0n) is 6.27. The molecular formula is C8H14S2. The van der Waals surface area contributed by atoms with Gasteiger partial charge in [0.05, 0.1) is 0 Å². The summed E-state index contributed by atoms with van der Waals surface area (Å²) in [6, 6.07) is 0. The topological polar surface area (TPSA) is 0 Å². The minimum atomic E-state index is 0.753. The highest BCUT2D eigenvalue weighted by Gasteiger charge is 2.35. The van der Waals surface area contributed by atoms with Gasteiger partial charge in [-0.2, -0.15) is 23.5 Å². The van der Waals surface area contributed by atoms with Crippen molar-refractivity contribution in [1.82, 2.24) is 0 Å². The molecule has 0 aromatic carbocycles. The third-order valence-electron chi connectivity index (χ3n) is 2.50. The zero-order valence-corrected chi connectivity index (χ0v) is 7.90. The van der Waals surface area contributed by atoms with Gasteiger partial charge in [-0.15, -0.1) is 0 Å². The second-order valence-electron chi connectivity index (χ2n) is 3.29. The van der Waals surface area contributed by atoms with E-state index in [0.717, 1.165) is 4.75 Å². The maximum atomic E-state index is 2.25. The fourth-order valence-electron chi connectivity index (χ4n) is 1.81. The van der Waals surface area contributed by atoms with E-state index in [4.69, 9.17) is 0 Å². The lowest BCUT2D eigenvalue weighted by molar-refractivity contribution is 0.545. The lowest BCUT2D eigenvalue weighted by atomic mass is 10.0. The van der Waals surface area contributed by atoms with Gasteiger partial charge in [0.2, 0.25) is 0 Å². The third-order valence-corrected chi connectivity index (χ3v) is 5.59. The zero-order chi connectivity index (χ0) is 6.86. The van der Waals surface area contributed by atoms with Crippen LogP contribution in [-0.4, -0.2) is 22.0 Å². The molecule has 1 spiro atoms. The first-order valence-corrected chi connectivity index (χ1v) is 6.27. The average molecular weight is 174 g/mol. The lowest BCUT2D eigenvalue weighted by Gasteiger charge is -2.31. The summed E-state index contributed by atoms with van der Waals surface area (Å²) in [6.45, 7) is 0. The molecular weight excluding hydrogens is 160 g/mol. The molecule has 58 valence electrons. The summed E-state index contributed by atoms with van der Waals surface area (Å²) in [7, 11) is 0. The van der Waals surface area contributed by atoms with Crippen LogP contribution < -0.4 is 0 Å². The van der Waals surface area contributed by atoms with E-state index < -0.39 is 0 Å². The molecule has 0 radical (unpaired) electrons. The van der Waals surface area contributed by atoms with Crippen LogP contribution in [0, 0.1) is 0 Å². The van der Waals surface area contributed by atoms with Crippen molar-refractivity contribution in [3.8, 4) is 0 Å². The van der Waals surface area contributed by atoms with Gasteiger partial charge >= 0.3 is 0 Å². The maximum Gasteiger partial charge on any atom is 0.0258 e. The van der Waals surface area contributed by atoms with E-state index in [1.807, 2.05) is 0 Å². The monoisotopic (exact) mass is 174 g/mol.